The number of halogens is 1. The molecule has 0 saturated heterocycles. The normalized spacial score (nSPS) is 12.7. The third kappa shape index (κ3) is 3.01. The zero-order valence-corrected chi connectivity index (χ0v) is 13.4. The van der Waals surface area contributed by atoms with Crippen LogP contribution in [-0.2, 0) is 6.54 Å². The van der Waals surface area contributed by atoms with Gasteiger partial charge in [0, 0.05) is 24.2 Å². The smallest absolute Gasteiger partial charge is 0.191 e. The van der Waals surface area contributed by atoms with E-state index in [1.807, 2.05) is 25.4 Å². The summed E-state index contributed by atoms with van der Waals surface area (Å²) >= 11 is 7.36. The van der Waals surface area contributed by atoms with Crippen molar-refractivity contribution in [1.82, 2.24) is 19.9 Å². The number of aromatic amines is 1. The van der Waals surface area contributed by atoms with E-state index < -0.39 is 0 Å². The lowest BCUT2D eigenvalue weighted by atomic mass is 10.1. The highest BCUT2D eigenvalue weighted by atomic mass is 35.5. The molecule has 3 aromatic rings. The Hall–Kier alpha value is -1.83. The summed E-state index contributed by atoms with van der Waals surface area (Å²) in [5, 5.41) is 2.02. The van der Waals surface area contributed by atoms with Gasteiger partial charge in [0.1, 0.15) is 11.0 Å². The van der Waals surface area contributed by atoms with Crippen molar-refractivity contribution in [3.8, 4) is 0 Å². The van der Waals surface area contributed by atoms with E-state index in [0.717, 1.165) is 22.2 Å². The lowest BCUT2D eigenvalue weighted by molar-refractivity contribution is 0.946. The van der Waals surface area contributed by atoms with Gasteiger partial charge in [0.05, 0.1) is 22.7 Å². The van der Waals surface area contributed by atoms with E-state index in [1.165, 1.54) is 17.8 Å². The molecule has 0 bridgehead atoms. The Kier molecular flexibility index (Phi) is 4.19. The van der Waals surface area contributed by atoms with Crippen LogP contribution in [0.4, 0.5) is 5.82 Å². The summed E-state index contributed by atoms with van der Waals surface area (Å²) < 4.78 is 0. The molecule has 0 aliphatic rings. The number of pyridine rings is 1. The molecule has 114 valence electrons. The van der Waals surface area contributed by atoms with Crippen LogP contribution in [0.2, 0.25) is 5.15 Å². The van der Waals surface area contributed by atoms with E-state index in [1.54, 1.807) is 0 Å². The van der Waals surface area contributed by atoms with Crippen LogP contribution in [0.1, 0.15) is 23.4 Å². The molecule has 22 heavy (non-hydrogen) atoms. The summed E-state index contributed by atoms with van der Waals surface area (Å²) in [6.45, 7) is 2.52. The minimum Gasteiger partial charge on any atom is -0.384 e. The molecule has 0 fully saturated rings. The largest absolute Gasteiger partial charge is 0.384 e. The molecule has 0 aliphatic carbocycles. The first-order chi connectivity index (χ1) is 10.6. The number of hydrogen-bond acceptors (Lipinski definition) is 6. The number of aromatic nitrogens is 4. The summed E-state index contributed by atoms with van der Waals surface area (Å²) in [5.41, 5.74) is 14.4. The molecule has 6 nitrogen and oxygen atoms in total. The maximum absolute atomic E-state index is 5.90. The Labute approximate surface area is 136 Å². The van der Waals surface area contributed by atoms with Crippen LogP contribution < -0.4 is 11.5 Å². The topological polar surface area (TPSA) is 106 Å². The zero-order valence-electron chi connectivity index (χ0n) is 11.9. The zero-order chi connectivity index (χ0) is 15.7. The molecule has 8 heteroatoms. The van der Waals surface area contributed by atoms with Crippen molar-refractivity contribution >= 4 is 40.1 Å². The van der Waals surface area contributed by atoms with Gasteiger partial charge in [-0.1, -0.05) is 23.4 Å². The Bertz CT molecular complexity index is 798. The summed E-state index contributed by atoms with van der Waals surface area (Å²) in [4.78, 5) is 16.0. The highest BCUT2D eigenvalue weighted by molar-refractivity contribution is 7.99. The fourth-order valence-electron chi connectivity index (χ4n) is 2.17. The molecule has 3 rings (SSSR count). The van der Waals surface area contributed by atoms with Crippen molar-refractivity contribution in [2.45, 2.75) is 23.9 Å². The van der Waals surface area contributed by atoms with Gasteiger partial charge in [-0.25, -0.2) is 9.97 Å². The highest BCUT2D eigenvalue weighted by Gasteiger charge is 2.14. The van der Waals surface area contributed by atoms with Crippen LogP contribution in [0.3, 0.4) is 0 Å². The first kappa shape index (κ1) is 15.1. The predicted molar refractivity (Wildman–Crippen MR) is 89.7 cm³/mol. The van der Waals surface area contributed by atoms with E-state index in [0.29, 0.717) is 22.7 Å². The van der Waals surface area contributed by atoms with Crippen molar-refractivity contribution < 1.29 is 0 Å². The summed E-state index contributed by atoms with van der Waals surface area (Å²) in [6, 6.07) is 3.56. The highest BCUT2D eigenvalue weighted by Crippen LogP contribution is 2.34. The molecule has 0 amide bonds. The minimum atomic E-state index is 0.0581. The molecular weight excluding hydrogens is 320 g/mol. The van der Waals surface area contributed by atoms with E-state index in [2.05, 4.69) is 19.9 Å². The first-order valence-electron chi connectivity index (χ1n) is 6.69. The standard InChI is InChI=1S/C14H15ClN6S/c1-7(22-14-20-12(15)3-13(17)21-14)10-2-9-8(4-16)5-18-11(9)6-19-10/h2-3,5-7,18H,4,16H2,1H3,(H2,17,20,21). The molecule has 5 N–H and O–H groups in total. The molecular formula is C14H15ClN6S. The number of hydrogen-bond donors (Lipinski definition) is 3. The van der Waals surface area contributed by atoms with Gasteiger partial charge in [0.25, 0.3) is 0 Å². The van der Waals surface area contributed by atoms with Crippen LogP contribution in [0, 0.1) is 0 Å². The molecule has 0 spiro atoms. The number of nitrogens with two attached hydrogens (primary N) is 2. The Morgan fingerprint density at radius 1 is 1.36 bits per heavy atom. The summed E-state index contributed by atoms with van der Waals surface area (Å²) in [7, 11) is 0. The van der Waals surface area contributed by atoms with Gasteiger partial charge in [-0.15, -0.1) is 0 Å². The predicted octanol–water partition coefficient (Wildman–Crippen LogP) is 2.90. The molecule has 1 unspecified atom stereocenters. The van der Waals surface area contributed by atoms with E-state index in [4.69, 9.17) is 23.1 Å². The molecule has 0 radical (unpaired) electrons. The van der Waals surface area contributed by atoms with Gasteiger partial charge in [-0.2, -0.15) is 0 Å². The van der Waals surface area contributed by atoms with E-state index in [-0.39, 0.29) is 5.25 Å². The third-order valence-electron chi connectivity index (χ3n) is 3.29. The number of anilines is 1. The number of H-pyrrole nitrogens is 1. The maximum Gasteiger partial charge on any atom is 0.191 e. The molecule has 0 aromatic carbocycles. The van der Waals surface area contributed by atoms with Crippen LogP contribution in [-0.4, -0.2) is 19.9 Å². The first-order valence-corrected chi connectivity index (χ1v) is 7.95. The lowest BCUT2D eigenvalue weighted by Crippen LogP contribution is -1.99. The minimum absolute atomic E-state index is 0.0581. The van der Waals surface area contributed by atoms with Crippen molar-refractivity contribution in [2.75, 3.05) is 5.73 Å². The lowest BCUT2D eigenvalue weighted by Gasteiger charge is -2.10. The number of rotatable bonds is 4. The molecule has 0 aliphatic heterocycles. The monoisotopic (exact) mass is 334 g/mol. The Morgan fingerprint density at radius 3 is 2.91 bits per heavy atom. The van der Waals surface area contributed by atoms with Crippen molar-refractivity contribution in [2.24, 2.45) is 5.73 Å². The van der Waals surface area contributed by atoms with Crippen LogP contribution in [0.5, 0.6) is 0 Å². The van der Waals surface area contributed by atoms with E-state index in [9.17, 15) is 0 Å². The molecule has 0 saturated carbocycles. The quantitative estimate of drug-likeness (QED) is 0.385. The number of thioether (sulfide) groups is 1. The fraction of sp³-hybridized carbons (Fsp3) is 0.214. The van der Waals surface area contributed by atoms with Gasteiger partial charge in [0.2, 0.25) is 0 Å². The van der Waals surface area contributed by atoms with Crippen molar-refractivity contribution in [1.29, 1.82) is 0 Å². The van der Waals surface area contributed by atoms with Crippen molar-refractivity contribution in [3.05, 3.63) is 40.9 Å². The maximum atomic E-state index is 5.90. The second kappa shape index (κ2) is 6.12. The number of nitrogen functional groups attached to an aromatic ring is 1. The van der Waals surface area contributed by atoms with Crippen LogP contribution in [0.25, 0.3) is 10.9 Å². The van der Waals surface area contributed by atoms with Gasteiger partial charge >= 0.3 is 0 Å². The van der Waals surface area contributed by atoms with Crippen LogP contribution >= 0.6 is 23.4 Å². The Morgan fingerprint density at radius 2 is 2.18 bits per heavy atom. The number of nitrogens with one attached hydrogen (secondary N) is 1. The molecule has 3 heterocycles. The SMILES string of the molecule is CC(Sc1nc(N)cc(Cl)n1)c1cc2c(CN)c[nH]c2cn1. The second-order valence-corrected chi connectivity index (χ2v) is 6.53. The number of fused-ring (bicyclic) bond motifs is 1. The average Bonchev–Trinajstić information content (AvgIpc) is 2.88. The molecule has 3 aromatic heterocycles. The average molecular weight is 335 g/mol. The van der Waals surface area contributed by atoms with Gasteiger partial charge in [-0.3, -0.25) is 4.98 Å². The summed E-state index contributed by atoms with van der Waals surface area (Å²) in [5.74, 6) is 0.356. The van der Waals surface area contributed by atoms with E-state index >= 15 is 0 Å². The van der Waals surface area contributed by atoms with Crippen LogP contribution in [0.15, 0.2) is 29.7 Å². The molecule has 1 atom stereocenters. The second-order valence-electron chi connectivity index (χ2n) is 4.83. The number of nitrogens with zero attached hydrogens (tertiary/aromatic N) is 3. The third-order valence-corrected chi connectivity index (χ3v) is 4.47. The van der Waals surface area contributed by atoms with Gasteiger partial charge < -0.3 is 16.5 Å². The van der Waals surface area contributed by atoms with Crippen molar-refractivity contribution in [3.63, 3.8) is 0 Å². The summed E-state index contributed by atoms with van der Waals surface area (Å²) in [6.07, 6.45) is 3.72. The van der Waals surface area contributed by atoms with Gasteiger partial charge in [-0.05, 0) is 18.6 Å². The van der Waals surface area contributed by atoms with Gasteiger partial charge in [0.15, 0.2) is 5.16 Å². The Balaban J connectivity index is 1.89. The fourth-order valence-corrected chi connectivity index (χ4v) is 3.29.